The van der Waals surface area contributed by atoms with Gasteiger partial charge in [0.2, 0.25) is 6.41 Å². The summed E-state index contributed by atoms with van der Waals surface area (Å²) in [4.78, 5) is 3.77. The van der Waals surface area contributed by atoms with Crippen molar-refractivity contribution in [1.29, 1.82) is 0 Å². The highest BCUT2D eigenvalue weighted by molar-refractivity contribution is 9.10. The Morgan fingerprint density at radius 1 is 1.58 bits per heavy atom. The van der Waals surface area contributed by atoms with Crippen molar-refractivity contribution in [3.63, 3.8) is 0 Å². The number of halogens is 3. The second-order valence-corrected chi connectivity index (χ2v) is 4.49. The van der Waals surface area contributed by atoms with Crippen molar-refractivity contribution >= 4 is 15.9 Å². The molecule has 1 aromatic heterocycles. The van der Waals surface area contributed by atoms with E-state index in [1.165, 1.54) is 6.07 Å². The lowest BCUT2D eigenvalue weighted by molar-refractivity contribution is -0.112. The third-order valence-electron chi connectivity index (χ3n) is 2.29. The zero-order chi connectivity index (χ0) is 13.7. The molecule has 19 heavy (non-hydrogen) atoms. The summed E-state index contributed by atoms with van der Waals surface area (Å²) < 4.78 is 35.9. The van der Waals surface area contributed by atoms with E-state index in [1.807, 2.05) is 0 Å². The first kappa shape index (κ1) is 14.3. The first-order valence-corrected chi connectivity index (χ1v) is 6.36. The minimum atomic E-state index is -2.64. The maximum Gasteiger partial charge on any atom is 0.281 e. The first-order chi connectivity index (χ1) is 9.16. The summed E-state index contributed by atoms with van der Waals surface area (Å²) in [7, 11) is 0. The third-order valence-corrected chi connectivity index (χ3v) is 2.96. The quantitative estimate of drug-likeness (QED) is 0.860. The van der Waals surface area contributed by atoms with Crippen molar-refractivity contribution in [2.75, 3.05) is 19.8 Å². The van der Waals surface area contributed by atoms with E-state index in [0.29, 0.717) is 6.61 Å². The van der Waals surface area contributed by atoms with Gasteiger partial charge in [-0.3, -0.25) is 5.32 Å². The molecule has 7 heteroatoms. The fourth-order valence-electron chi connectivity index (χ4n) is 1.43. The van der Waals surface area contributed by atoms with Crippen LogP contribution in [0.3, 0.4) is 0 Å². The van der Waals surface area contributed by atoms with Gasteiger partial charge in [0, 0.05) is 11.0 Å². The predicted octanol–water partition coefficient (Wildman–Crippen LogP) is 2.05. The molecule has 2 heterocycles. The molecule has 0 aromatic carbocycles. The van der Waals surface area contributed by atoms with Crippen molar-refractivity contribution < 1.29 is 18.3 Å². The van der Waals surface area contributed by atoms with Gasteiger partial charge in [-0.1, -0.05) is 5.92 Å². The summed E-state index contributed by atoms with van der Waals surface area (Å²) in [6.07, 6.45) is -3.08. The smallest absolute Gasteiger partial charge is 0.281 e. The summed E-state index contributed by atoms with van der Waals surface area (Å²) in [5, 5.41) is 2.95. The standard InChI is InChI=1S/C12H11BrF2N2O2/c13-9-4-3-8(17-10(9)11(14)15)2-1-6-18-12-16-5-7-19-12/h3-4,11-12,16H,5-7H2. The van der Waals surface area contributed by atoms with Crippen LogP contribution in [0.2, 0.25) is 0 Å². The molecule has 1 aliphatic heterocycles. The van der Waals surface area contributed by atoms with Gasteiger partial charge >= 0.3 is 0 Å². The molecule has 0 saturated carbocycles. The fraction of sp³-hybridized carbons (Fsp3) is 0.417. The van der Waals surface area contributed by atoms with Crippen LogP contribution < -0.4 is 5.32 Å². The average Bonchev–Trinajstić information content (AvgIpc) is 2.89. The number of rotatable bonds is 3. The molecular weight excluding hydrogens is 322 g/mol. The van der Waals surface area contributed by atoms with Gasteiger partial charge in [0.05, 0.1) is 6.61 Å². The van der Waals surface area contributed by atoms with Crippen LogP contribution in [0.1, 0.15) is 17.8 Å². The fourth-order valence-corrected chi connectivity index (χ4v) is 1.83. The van der Waals surface area contributed by atoms with E-state index in [4.69, 9.17) is 9.47 Å². The van der Waals surface area contributed by atoms with Crippen LogP contribution in [-0.2, 0) is 9.47 Å². The monoisotopic (exact) mass is 332 g/mol. The van der Waals surface area contributed by atoms with Gasteiger partial charge in [-0.05, 0) is 34.0 Å². The summed E-state index contributed by atoms with van der Waals surface area (Å²) in [6, 6.07) is 3.06. The van der Waals surface area contributed by atoms with E-state index < -0.39 is 12.8 Å². The Labute approximate surface area is 117 Å². The van der Waals surface area contributed by atoms with Crippen LogP contribution in [-0.4, -0.2) is 31.2 Å². The van der Waals surface area contributed by atoms with Crippen LogP contribution in [0.15, 0.2) is 16.6 Å². The summed E-state index contributed by atoms with van der Waals surface area (Å²) in [5.41, 5.74) is -0.0316. The normalized spacial score (nSPS) is 18.4. The Hall–Kier alpha value is -1.07. The Morgan fingerprint density at radius 3 is 3.11 bits per heavy atom. The largest absolute Gasteiger partial charge is 0.338 e. The molecule has 2 rings (SSSR count). The van der Waals surface area contributed by atoms with Crippen LogP contribution in [0.4, 0.5) is 8.78 Å². The Morgan fingerprint density at radius 2 is 2.42 bits per heavy atom. The minimum absolute atomic E-state index is 0.138. The van der Waals surface area contributed by atoms with Gasteiger partial charge in [0.1, 0.15) is 18.0 Å². The summed E-state index contributed by atoms with van der Waals surface area (Å²) in [6.45, 7) is 1.48. The molecule has 102 valence electrons. The highest BCUT2D eigenvalue weighted by atomic mass is 79.9. The molecule has 1 saturated heterocycles. The maximum absolute atomic E-state index is 12.6. The highest BCUT2D eigenvalue weighted by Gasteiger charge is 2.14. The minimum Gasteiger partial charge on any atom is -0.338 e. The number of alkyl halides is 2. The molecule has 4 nitrogen and oxygen atoms in total. The van der Waals surface area contributed by atoms with E-state index in [2.05, 4.69) is 38.1 Å². The molecule has 0 bridgehead atoms. The lowest BCUT2D eigenvalue weighted by atomic mass is 10.3. The molecule has 1 unspecified atom stereocenters. The average molecular weight is 333 g/mol. The van der Waals surface area contributed by atoms with Gasteiger partial charge < -0.3 is 9.47 Å². The molecule has 1 aromatic rings. The zero-order valence-electron chi connectivity index (χ0n) is 9.83. The molecular formula is C12H11BrF2N2O2. The van der Waals surface area contributed by atoms with Crippen LogP contribution >= 0.6 is 15.9 Å². The van der Waals surface area contributed by atoms with Crippen LogP contribution in [0.5, 0.6) is 0 Å². The number of hydrogen-bond acceptors (Lipinski definition) is 4. The zero-order valence-corrected chi connectivity index (χ0v) is 11.4. The van der Waals surface area contributed by atoms with E-state index in [0.717, 1.165) is 6.54 Å². The first-order valence-electron chi connectivity index (χ1n) is 5.57. The summed E-state index contributed by atoms with van der Waals surface area (Å²) in [5.74, 6) is 5.37. The van der Waals surface area contributed by atoms with Gasteiger partial charge in [0.15, 0.2) is 0 Å². The van der Waals surface area contributed by atoms with Crippen molar-refractivity contribution in [1.82, 2.24) is 10.3 Å². The van der Waals surface area contributed by atoms with Gasteiger partial charge in [-0.15, -0.1) is 0 Å². The SMILES string of the molecule is FC(F)c1nc(C#CCOC2NCCO2)ccc1Br. The number of hydrogen-bond donors (Lipinski definition) is 1. The lowest BCUT2D eigenvalue weighted by Gasteiger charge is -2.07. The molecule has 0 radical (unpaired) electrons. The van der Waals surface area contributed by atoms with E-state index >= 15 is 0 Å². The highest BCUT2D eigenvalue weighted by Crippen LogP contribution is 2.25. The van der Waals surface area contributed by atoms with Crippen LogP contribution in [0, 0.1) is 11.8 Å². The van der Waals surface area contributed by atoms with Crippen molar-refractivity contribution in [2.45, 2.75) is 12.8 Å². The number of aromatic nitrogens is 1. The Balaban J connectivity index is 1.93. The van der Waals surface area contributed by atoms with E-state index in [9.17, 15) is 8.78 Å². The topological polar surface area (TPSA) is 43.4 Å². The number of nitrogens with one attached hydrogen (secondary N) is 1. The van der Waals surface area contributed by atoms with Gasteiger partial charge in [-0.2, -0.15) is 0 Å². The van der Waals surface area contributed by atoms with Gasteiger partial charge in [0.25, 0.3) is 6.43 Å². The summed E-state index contributed by atoms with van der Waals surface area (Å²) >= 11 is 3.02. The second-order valence-electron chi connectivity index (χ2n) is 3.63. The van der Waals surface area contributed by atoms with Crippen molar-refractivity contribution in [3.05, 3.63) is 28.0 Å². The molecule has 1 aliphatic rings. The number of nitrogens with zero attached hydrogens (tertiary/aromatic N) is 1. The molecule has 0 aliphatic carbocycles. The molecule has 1 atom stereocenters. The number of ether oxygens (including phenoxy) is 2. The van der Waals surface area contributed by atoms with Crippen molar-refractivity contribution in [3.8, 4) is 11.8 Å². The Bertz CT molecular complexity index is 496. The second kappa shape index (κ2) is 6.91. The molecule has 1 N–H and O–H groups in total. The van der Waals surface area contributed by atoms with E-state index in [1.54, 1.807) is 6.07 Å². The molecule has 0 spiro atoms. The maximum atomic E-state index is 12.6. The van der Waals surface area contributed by atoms with Crippen LogP contribution in [0.25, 0.3) is 0 Å². The molecule has 0 amide bonds. The van der Waals surface area contributed by atoms with E-state index in [-0.39, 0.29) is 22.5 Å². The third kappa shape index (κ3) is 4.21. The Kier molecular flexibility index (Phi) is 5.22. The van der Waals surface area contributed by atoms with Gasteiger partial charge in [-0.25, -0.2) is 13.8 Å². The lowest BCUT2D eigenvalue weighted by Crippen LogP contribution is -2.25. The van der Waals surface area contributed by atoms with Crippen molar-refractivity contribution in [2.24, 2.45) is 0 Å². The predicted molar refractivity (Wildman–Crippen MR) is 67.5 cm³/mol. The molecule has 1 fully saturated rings. The number of pyridine rings is 1.